The maximum absolute atomic E-state index is 13.2. The Labute approximate surface area is 168 Å². The second kappa shape index (κ2) is 6.71. The van der Waals surface area contributed by atoms with Crippen molar-refractivity contribution in [2.75, 3.05) is 11.4 Å². The van der Waals surface area contributed by atoms with Crippen LogP contribution in [-0.4, -0.2) is 16.1 Å². The van der Waals surface area contributed by atoms with Crippen molar-refractivity contribution in [2.45, 2.75) is 38.6 Å². The number of halogens is 3. The lowest BCUT2D eigenvalue weighted by Crippen LogP contribution is -2.32. The third-order valence-corrected chi connectivity index (χ3v) is 6.31. The number of anilines is 2. The van der Waals surface area contributed by atoms with E-state index in [1.54, 1.807) is 6.20 Å². The molecule has 1 aliphatic heterocycles. The first-order valence-electron chi connectivity index (χ1n) is 8.53. The highest BCUT2D eigenvalue weighted by Gasteiger charge is 2.34. The van der Waals surface area contributed by atoms with E-state index in [0.29, 0.717) is 16.9 Å². The molecular weight excluding hydrogens is 469 g/mol. The third kappa shape index (κ3) is 3.17. The van der Waals surface area contributed by atoms with Gasteiger partial charge in [0.15, 0.2) is 0 Å². The highest BCUT2D eigenvalue weighted by molar-refractivity contribution is 9.11. The van der Waals surface area contributed by atoms with Gasteiger partial charge in [-0.1, -0.05) is 34.5 Å². The lowest BCUT2D eigenvalue weighted by molar-refractivity contribution is 0.419. The molecule has 0 bridgehead atoms. The van der Waals surface area contributed by atoms with Gasteiger partial charge in [-0.3, -0.25) is 4.79 Å². The molecule has 0 radical (unpaired) electrons. The number of nitrogens with zero attached hydrogens (tertiary/aromatic N) is 3. The van der Waals surface area contributed by atoms with Gasteiger partial charge in [-0.2, -0.15) is 0 Å². The summed E-state index contributed by atoms with van der Waals surface area (Å²) in [5.74, 6) is 1.01. The van der Waals surface area contributed by atoms with Gasteiger partial charge in [0.05, 0.1) is 5.69 Å². The summed E-state index contributed by atoms with van der Waals surface area (Å²) in [6, 6.07) is 4.31. The Bertz CT molecular complexity index is 895. The molecular formula is C18H18Br2ClN3O. The van der Waals surface area contributed by atoms with Gasteiger partial charge in [-0.05, 0) is 65.2 Å². The quantitative estimate of drug-likeness (QED) is 0.574. The molecule has 2 aliphatic rings. The standard InChI is InChI=1S/C18H18Br2ClN3O/c1-2-14(10-3-4-10)24-9-15(21)22-17(18(24)25)23-6-5-11-7-12(19)8-13(20)16(11)23/h7-10,14H,2-6H2,1H3. The van der Waals surface area contributed by atoms with Crippen LogP contribution in [0, 0.1) is 5.92 Å². The number of aromatic nitrogens is 2. The smallest absolute Gasteiger partial charge is 0.294 e. The van der Waals surface area contributed by atoms with Gasteiger partial charge in [0.2, 0.25) is 5.82 Å². The van der Waals surface area contributed by atoms with Gasteiger partial charge >= 0.3 is 0 Å². The third-order valence-electron chi connectivity index (χ3n) is 5.06. The normalized spacial score (nSPS) is 17.7. The van der Waals surface area contributed by atoms with Gasteiger partial charge in [-0.15, -0.1) is 0 Å². The molecule has 1 atom stereocenters. The molecule has 4 nitrogen and oxygen atoms in total. The molecule has 132 valence electrons. The highest BCUT2D eigenvalue weighted by atomic mass is 79.9. The summed E-state index contributed by atoms with van der Waals surface area (Å²) in [6.45, 7) is 2.86. The predicted molar refractivity (Wildman–Crippen MR) is 108 cm³/mol. The molecule has 1 unspecified atom stereocenters. The van der Waals surface area contributed by atoms with Crippen LogP contribution in [0.1, 0.15) is 37.8 Å². The molecule has 25 heavy (non-hydrogen) atoms. The zero-order chi connectivity index (χ0) is 17.7. The maximum Gasteiger partial charge on any atom is 0.294 e. The van der Waals surface area contributed by atoms with Crippen LogP contribution < -0.4 is 10.5 Å². The van der Waals surface area contributed by atoms with Crippen LogP contribution in [0.25, 0.3) is 0 Å². The van der Waals surface area contributed by atoms with E-state index in [-0.39, 0.29) is 11.6 Å². The number of hydrogen-bond acceptors (Lipinski definition) is 3. The lowest BCUT2D eigenvalue weighted by Gasteiger charge is -2.23. The zero-order valence-corrected chi connectivity index (χ0v) is 17.7. The Kier molecular flexibility index (Phi) is 4.71. The van der Waals surface area contributed by atoms with Crippen LogP contribution >= 0.6 is 43.5 Å². The van der Waals surface area contributed by atoms with Crippen LogP contribution in [-0.2, 0) is 6.42 Å². The first-order valence-corrected chi connectivity index (χ1v) is 10.5. The molecule has 1 saturated carbocycles. The number of fused-ring (bicyclic) bond motifs is 1. The number of hydrogen-bond donors (Lipinski definition) is 0. The van der Waals surface area contributed by atoms with Crippen molar-refractivity contribution in [2.24, 2.45) is 5.92 Å². The van der Waals surface area contributed by atoms with Crippen molar-refractivity contribution in [1.82, 2.24) is 9.55 Å². The van der Waals surface area contributed by atoms with E-state index in [9.17, 15) is 4.79 Å². The molecule has 1 aromatic carbocycles. The zero-order valence-electron chi connectivity index (χ0n) is 13.8. The van der Waals surface area contributed by atoms with E-state index >= 15 is 0 Å². The molecule has 7 heteroatoms. The summed E-state index contributed by atoms with van der Waals surface area (Å²) in [7, 11) is 0. The fourth-order valence-electron chi connectivity index (χ4n) is 3.80. The van der Waals surface area contributed by atoms with Crippen molar-refractivity contribution in [3.63, 3.8) is 0 Å². The Morgan fingerprint density at radius 3 is 2.80 bits per heavy atom. The Morgan fingerprint density at radius 1 is 1.36 bits per heavy atom. The first-order chi connectivity index (χ1) is 12.0. The molecule has 1 aromatic heterocycles. The minimum Gasteiger partial charge on any atom is -0.320 e. The maximum atomic E-state index is 13.2. The van der Waals surface area contributed by atoms with Gasteiger partial charge < -0.3 is 9.47 Å². The Morgan fingerprint density at radius 2 is 2.12 bits per heavy atom. The second-order valence-corrected chi connectivity index (χ2v) is 8.87. The summed E-state index contributed by atoms with van der Waals surface area (Å²) >= 11 is 13.5. The fourth-order valence-corrected chi connectivity index (χ4v) is 5.51. The van der Waals surface area contributed by atoms with Crippen molar-refractivity contribution < 1.29 is 0 Å². The van der Waals surface area contributed by atoms with Crippen molar-refractivity contribution in [3.8, 4) is 0 Å². The summed E-state index contributed by atoms with van der Waals surface area (Å²) in [4.78, 5) is 19.6. The lowest BCUT2D eigenvalue weighted by atomic mass is 10.1. The molecule has 1 fully saturated rings. The highest BCUT2D eigenvalue weighted by Crippen LogP contribution is 2.43. The van der Waals surface area contributed by atoms with E-state index in [4.69, 9.17) is 11.6 Å². The van der Waals surface area contributed by atoms with Crippen LogP contribution in [0.15, 0.2) is 32.1 Å². The van der Waals surface area contributed by atoms with Crippen LogP contribution in [0.3, 0.4) is 0 Å². The average molecular weight is 488 g/mol. The predicted octanol–water partition coefficient (Wildman–Crippen LogP) is 5.48. The van der Waals surface area contributed by atoms with E-state index in [0.717, 1.165) is 34.0 Å². The van der Waals surface area contributed by atoms with Gasteiger partial charge in [0.1, 0.15) is 5.15 Å². The van der Waals surface area contributed by atoms with Gasteiger partial charge in [0, 0.05) is 27.7 Å². The summed E-state index contributed by atoms with van der Waals surface area (Å²) in [5.41, 5.74) is 2.16. The van der Waals surface area contributed by atoms with E-state index < -0.39 is 0 Å². The topological polar surface area (TPSA) is 38.1 Å². The molecule has 2 heterocycles. The fraction of sp³-hybridized carbons (Fsp3) is 0.444. The first kappa shape index (κ1) is 17.6. The molecule has 0 amide bonds. The number of benzene rings is 1. The Balaban J connectivity index is 1.83. The molecule has 4 rings (SSSR count). The van der Waals surface area contributed by atoms with Gasteiger partial charge in [-0.25, -0.2) is 4.98 Å². The van der Waals surface area contributed by atoms with Crippen LogP contribution in [0.5, 0.6) is 0 Å². The van der Waals surface area contributed by atoms with Crippen LogP contribution in [0.2, 0.25) is 5.15 Å². The molecule has 2 aromatic rings. The van der Waals surface area contributed by atoms with Crippen LogP contribution in [0.4, 0.5) is 11.5 Å². The SMILES string of the molecule is CCC(C1CC1)n1cc(Cl)nc(N2CCc3cc(Br)cc(Br)c32)c1=O. The monoisotopic (exact) mass is 485 g/mol. The van der Waals surface area contributed by atoms with E-state index in [1.807, 2.05) is 15.5 Å². The van der Waals surface area contributed by atoms with Crippen molar-refractivity contribution in [3.05, 3.63) is 48.3 Å². The molecule has 0 saturated heterocycles. The molecule has 0 spiro atoms. The minimum atomic E-state index is -0.0502. The number of rotatable bonds is 4. The summed E-state index contributed by atoms with van der Waals surface area (Å²) < 4.78 is 3.79. The largest absolute Gasteiger partial charge is 0.320 e. The van der Waals surface area contributed by atoms with Crippen molar-refractivity contribution in [1.29, 1.82) is 0 Å². The van der Waals surface area contributed by atoms with E-state index in [1.165, 1.54) is 18.4 Å². The molecule has 0 N–H and O–H groups in total. The van der Waals surface area contributed by atoms with Crippen molar-refractivity contribution >= 4 is 55.0 Å². The van der Waals surface area contributed by atoms with Gasteiger partial charge in [0.25, 0.3) is 5.56 Å². The Hall–Kier alpha value is -0.850. The average Bonchev–Trinajstić information content (AvgIpc) is 3.30. The molecule has 1 aliphatic carbocycles. The summed E-state index contributed by atoms with van der Waals surface area (Å²) in [5, 5.41) is 0.371. The second-order valence-electron chi connectivity index (χ2n) is 6.71. The minimum absolute atomic E-state index is 0.0502. The van der Waals surface area contributed by atoms with E-state index in [2.05, 4.69) is 49.8 Å². The summed E-state index contributed by atoms with van der Waals surface area (Å²) in [6.07, 6.45) is 5.88.